The van der Waals surface area contributed by atoms with E-state index >= 15 is 0 Å². The van der Waals surface area contributed by atoms with E-state index in [0.29, 0.717) is 5.92 Å². The van der Waals surface area contributed by atoms with E-state index in [1.807, 2.05) is 17.4 Å². The quantitative estimate of drug-likeness (QED) is 0.790. The zero-order chi connectivity index (χ0) is 16.4. The van der Waals surface area contributed by atoms with E-state index in [-0.39, 0.29) is 0 Å². The number of ether oxygens (including phenoxy) is 1. The van der Waals surface area contributed by atoms with E-state index in [4.69, 9.17) is 9.72 Å². The number of fused-ring (bicyclic) bond motifs is 1. The SMILES string of the molecule is COc1ccccc1C[NH+]1CCC[C@H](c2nc3ccccc3s2)C1. The molecule has 0 saturated carbocycles. The van der Waals surface area contributed by atoms with Gasteiger partial charge in [-0.3, -0.25) is 0 Å². The van der Waals surface area contributed by atoms with Crippen molar-refractivity contribution in [2.45, 2.75) is 25.3 Å². The second kappa shape index (κ2) is 6.91. The van der Waals surface area contributed by atoms with Crippen LogP contribution in [0.1, 0.15) is 29.3 Å². The predicted octanol–water partition coefficient (Wildman–Crippen LogP) is 3.27. The monoisotopic (exact) mass is 339 g/mol. The summed E-state index contributed by atoms with van der Waals surface area (Å²) in [6.07, 6.45) is 2.53. The molecule has 124 valence electrons. The largest absolute Gasteiger partial charge is 0.496 e. The molecule has 2 aromatic carbocycles. The van der Waals surface area contributed by atoms with Crippen LogP contribution in [0.15, 0.2) is 48.5 Å². The topological polar surface area (TPSA) is 26.6 Å². The summed E-state index contributed by atoms with van der Waals surface area (Å²) in [4.78, 5) is 6.53. The fraction of sp³-hybridized carbons (Fsp3) is 0.350. The van der Waals surface area contributed by atoms with Crippen LogP contribution in [0.25, 0.3) is 10.2 Å². The molecule has 1 aromatic heterocycles. The Morgan fingerprint density at radius 3 is 2.88 bits per heavy atom. The molecule has 0 radical (unpaired) electrons. The number of methoxy groups -OCH3 is 1. The lowest BCUT2D eigenvalue weighted by Gasteiger charge is -2.29. The van der Waals surface area contributed by atoms with E-state index < -0.39 is 0 Å². The second-order valence-electron chi connectivity index (χ2n) is 6.55. The summed E-state index contributed by atoms with van der Waals surface area (Å²) < 4.78 is 6.82. The average molecular weight is 339 g/mol. The first-order valence-corrected chi connectivity index (χ1v) is 9.46. The van der Waals surface area contributed by atoms with E-state index in [1.54, 1.807) is 12.0 Å². The number of quaternary nitrogens is 1. The van der Waals surface area contributed by atoms with Crippen LogP contribution in [0.5, 0.6) is 5.75 Å². The number of benzene rings is 2. The van der Waals surface area contributed by atoms with Crippen molar-refractivity contribution in [3.63, 3.8) is 0 Å². The van der Waals surface area contributed by atoms with Gasteiger partial charge >= 0.3 is 0 Å². The minimum Gasteiger partial charge on any atom is -0.496 e. The number of rotatable bonds is 4. The van der Waals surface area contributed by atoms with Crippen molar-refractivity contribution >= 4 is 21.6 Å². The van der Waals surface area contributed by atoms with Gasteiger partial charge in [-0.25, -0.2) is 4.98 Å². The van der Waals surface area contributed by atoms with Crippen LogP contribution >= 0.6 is 11.3 Å². The van der Waals surface area contributed by atoms with Gasteiger partial charge in [0.05, 0.1) is 36.3 Å². The van der Waals surface area contributed by atoms with Crippen molar-refractivity contribution in [3.05, 3.63) is 59.1 Å². The zero-order valence-corrected chi connectivity index (χ0v) is 14.8. The van der Waals surface area contributed by atoms with E-state index in [0.717, 1.165) is 24.4 Å². The summed E-state index contributed by atoms with van der Waals surface area (Å²) >= 11 is 1.87. The summed E-state index contributed by atoms with van der Waals surface area (Å²) in [5, 5.41) is 1.31. The van der Waals surface area contributed by atoms with Gasteiger partial charge in [-0.1, -0.05) is 24.3 Å². The van der Waals surface area contributed by atoms with Gasteiger partial charge in [0.1, 0.15) is 17.3 Å². The molecule has 2 heterocycles. The van der Waals surface area contributed by atoms with Gasteiger partial charge in [-0.05, 0) is 37.1 Å². The van der Waals surface area contributed by atoms with Gasteiger partial charge in [-0.15, -0.1) is 11.3 Å². The number of thiazole rings is 1. The molecule has 0 amide bonds. The van der Waals surface area contributed by atoms with Gasteiger partial charge < -0.3 is 9.64 Å². The molecule has 1 saturated heterocycles. The molecule has 0 spiro atoms. The molecule has 1 unspecified atom stereocenters. The summed E-state index contributed by atoms with van der Waals surface area (Å²) in [5.74, 6) is 1.59. The highest BCUT2D eigenvalue weighted by molar-refractivity contribution is 7.18. The van der Waals surface area contributed by atoms with Gasteiger partial charge in [0.25, 0.3) is 0 Å². The van der Waals surface area contributed by atoms with Crippen LogP contribution < -0.4 is 9.64 Å². The average Bonchev–Trinajstić information content (AvgIpc) is 3.07. The lowest BCUT2D eigenvalue weighted by molar-refractivity contribution is -0.920. The fourth-order valence-electron chi connectivity index (χ4n) is 3.71. The molecule has 3 nitrogen and oxygen atoms in total. The Kier molecular flexibility index (Phi) is 4.50. The smallest absolute Gasteiger partial charge is 0.127 e. The molecule has 3 aromatic rings. The number of nitrogens with one attached hydrogen (secondary N) is 1. The number of piperidine rings is 1. The number of hydrogen-bond donors (Lipinski definition) is 1. The number of para-hydroxylation sites is 2. The predicted molar refractivity (Wildman–Crippen MR) is 99.0 cm³/mol. The van der Waals surface area contributed by atoms with Crippen molar-refractivity contribution in [1.29, 1.82) is 0 Å². The molecule has 24 heavy (non-hydrogen) atoms. The third-order valence-electron chi connectivity index (χ3n) is 4.91. The molecular formula is C20H23N2OS+. The van der Waals surface area contributed by atoms with Crippen molar-refractivity contribution in [2.75, 3.05) is 20.2 Å². The Morgan fingerprint density at radius 1 is 1.17 bits per heavy atom. The van der Waals surface area contributed by atoms with Crippen LogP contribution in [0.3, 0.4) is 0 Å². The Balaban J connectivity index is 1.51. The summed E-state index contributed by atoms with van der Waals surface area (Å²) in [6.45, 7) is 3.43. The molecule has 4 heteroatoms. The van der Waals surface area contributed by atoms with Gasteiger partial charge in [0.2, 0.25) is 0 Å². The highest BCUT2D eigenvalue weighted by Gasteiger charge is 2.27. The Labute approximate surface area is 146 Å². The van der Waals surface area contributed by atoms with Crippen LogP contribution in [0, 0.1) is 0 Å². The molecule has 2 atom stereocenters. The minimum atomic E-state index is 0.584. The maximum atomic E-state index is 5.51. The summed E-state index contributed by atoms with van der Waals surface area (Å²) in [5.41, 5.74) is 2.45. The maximum Gasteiger partial charge on any atom is 0.127 e. The highest BCUT2D eigenvalue weighted by atomic mass is 32.1. The lowest BCUT2D eigenvalue weighted by atomic mass is 9.98. The molecule has 1 N–H and O–H groups in total. The van der Waals surface area contributed by atoms with Crippen molar-refractivity contribution in [3.8, 4) is 5.75 Å². The first-order valence-electron chi connectivity index (χ1n) is 8.64. The number of hydrogen-bond acceptors (Lipinski definition) is 3. The van der Waals surface area contributed by atoms with Crippen molar-refractivity contribution in [1.82, 2.24) is 4.98 Å². The molecule has 4 rings (SSSR count). The highest BCUT2D eigenvalue weighted by Crippen LogP contribution is 2.30. The first-order chi connectivity index (χ1) is 11.8. The molecule has 1 aliphatic rings. The van der Waals surface area contributed by atoms with Gasteiger partial charge in [0.15, 0.2) is 0 Å². The molecule has 0 aliphatic carbocycles. The number of aromatic nitrogens is 1. The van der Waals surface area contributed by atoms with Crippen LogP contribution in [0.2, 0.25) is 0 Å². The summed E-state index contributed by atoms with van der Waals surface area (Å²) in [7, 11) is 1.76. The molecule has 1 aliphatic heterocycles. The maximum absolute atomic E-state index is 5.51. The zero-order valence-electron chi connectivity index (χ0n) is 14.0. The standard InChI is InChI=1S/C20H22N2OS/c1-23-18-10-4-2-7-15(18)13-22-12-6-8-16(14-22)20-21-17-9-3-5-11-19(17)24-20/h2-5,7,9-11,16H,6,8,12-14H2,1H3/p+1/t16-/m0/s1. The number of likely N-dealkylation sites (tertiary alicyclic amines) is 1. The van der Waals surface area contributed by atoms with E-state index in [2.05, 4.69) is 42.5 Å². The van der Waals surface area contributed by atoms with Crippen LogP contribution in [-0.4, -0.2) is 25.2 Å². The van der Waals surface area contributed by atoms with Crippen LogP contribution in [-0.2, 0) is 6.54 Å². The first kappa shape index (κ1) is 15.6. The Bertz CT molecular complexity index is 796. The fourth-order valence-corrected chi connectivity index (χ4v) is 4.81. The van der Waals surface area contributed by atoms with Gasteiger partial charge in [0, 0.05) is 5.56 Å². The van der Waals surface area contributed by atoms with E-state index in [9.17, 15) is 0 Å². The van der Waals surface area contributed by atoms with E-state index in [1.165, 1.54) is 34.7 Å². The van der Waals surface area contributed by atoms with Crippen LogP contribution in [0.4, 0.5) is 0 Å². The van der Waals surface area contributed by atoms with Gasteiger partial charge in [-0.2, -0.15) is 0 Å². The minimum absolute atomic E-state index is 0.584. The lowest BCUT2D eigenvalue weighted by Crippen LogP contribution is -3.12. The second-order valence-corrected chi connectivity index (χ2v) is 7.61. The molecule has 0 bridgehead atoms. The third-order valence-corrected chi connectivity index (χ3v) is 6.11. The summed E-state index contributed by atoms with van der Waals surface area (Å²) in [6, 6.07) is 16.9. The molecule has 1 fully saturated rings. The third kappa shape index (κ3) is 3.17. The normalized spacial score (nSPS) is 21.0. The number of nitrogens with zero attached hydrogens (tertiary/aromatic N) is 1. The van der Waals surface area contributed by atoms with Crippen molar-refractivity contribution in [2.24, 2.45) is 0 Å². The molecular weight excluding hydrogens is 316 g/mol. The Morgan fingerprint density at radius 2 is 2.00 bits per heavy atom. The van der Waals surface area contributed by atoms with Crippen molar-refractivity contribution < 1.29 is 9.64 Å². The Hall–Kier alpha value is -1.91.